The first-order valence-electron chi connectivity index (χ1n) is 5.26. The Bertz CT molecular complexity index is 382. The summed E-state index contributed by atoms with van der Waals surface area (Å²) in [5.74, 6) is 3.25. The van der Waals surface area contributed by atoms with Gasteiger partial charge in [0.05, 0.1) is 11.6 Å². The Balaban J connectivity index is 2.58. The molecule has 1 unspecified atom stereocenters. The summed E-state index contributed by atoms with van der Waals surface area (Å²) in [4.78, 5) is 0. The predicted octanol–water partition coefficient (Wildman–Crippen LogP) is 3.15. The van der Waals surface area contributed by atoms with Crippen LogP contribution in [0.4, 0.5) is 0 Å². The van der Waals surface area contributed by atoms with Crippen molar-refractivity contribution in [3.05, 3.63) is 28.8 Å². The standard InChI is InChI=1S/C13H16ClNO/c1-3-4-5-8-16-13-7-6-11(10(2)15)9-12(13)14/h1,6-7,9-10H,4-5,8,15H2,2H3. The van der Waals surface area contributed by atoms with Crippen molar-refractivity contribution in [2.45, 2.75) is 25.8 Å². The van der Waals surface area contributed by atoms with Crippen molar-refractivity contribution in [3.8, 4) is 18.1 Å². The molecule has 0 amide bonds. The maximum Gasteiger partial charge on any atom is 0.137 e. The van der Waals surface area contributed by atoms with E-state index in [9.17, 15) is 0 Å². The molecular formula is C13H16ClNO. The van der Waals surface area contributed by atoms with E-state index in [4.69, 9.17) is 28.5 Å². The molecule has 16 heavy (non-hydrogen) atoms. The summed E-state index contributed by atoms with van der Waals surface area (Å²) in [6, 6.07) is 5.58. The second kappa shape index (κ2) is 6.42. The van der Waals surface area contributed by atoms with E-state index in [-0.39, 0.29) is 6.04 Å². The molecule has 0 radical (unpaired) electrons. The highest BCUT2D eigenvalue weighted by Crippen LogP contribution is 2.27. The van der Waals surface area contributed by atoms with Gasteiger partial charge in [-0.1, -0.05) is 17.7 Å². The van der Waals surface area contributed by atoms with Crippen molar-refractivity contribution in [2.24, 2.45) is 5.73 Å². The molecule has 2 N–H and O–H groups in total. The Hall–Kier alpha value is -1.17. The lowest BCUT2D eigenvalue weighted by Gasteiger charge is -2.10. The molecule has 2 nitrogen and oxygen atoms in total. The molecule has 86 valence electrons. The van der Waals surface area contributed by atoms with Crippen molar-refractivity contribution in [2.75, 3.05) is 6.61 Å². The molecule has 1 aromatic rings. The SMILES string of the molecule is C#CCCCOc1ccc(C(C)N)cc1Cl. The lowest BCUT2D eigenvalue weighted by molar-refractivity contribution is 0.313. The van der Waals surface area contributed by atoms with E-state index in [0.29, 0.717) is 17.4 Å². The Kier molecular flexibility index (Phi) is 5.18. The third-order valence-corrected chi connectivity index (χ3v) is 2.50. The van der Waals surface area contributed by atoms with Crippen LogP contribution in [-0.2, 0) is 0 Å². The van der Waals surface area contributed by atoms with Gasteiger partial charge in [0.2, 0.25) is 0 Å². The number of hydrogen-bond donors (Lipinski definition) is 1. The first-order chi connectivity index (χ1) is 7.65. The van der Waals surface area contributed by atoms with Gasteiger partial charge in [0, 0.05) is 12.5 Å². The van der Waals surface area contributed by atoms with Gasteiger partial charge >= 0.3 is 0 Å². The molecule has 0 bridgehead atoms. The van der Waals surface area contributed by atoms with Crippen LogP contribution in [0.2, 0.25) is 5.02 Å². The average Bonchev–Trinajstić information content (AvgIpc) is 2.26. The summed E-state index contributed by atoms with van der Waals surface area (Å²) in [7, 11) is 0. The van der Waals surface area contributed by atoms with E-state index in [2.05, 4.69) is 5.92 Å². The van der Waals surface area contributed by atoms with Gasteiger partial charge in [-0.2, -0.15) is 0 Å². The molecule has 1 atom stereocenters. The average molecular weight is 238 g/mol. The van der Waals surface area contributed by atoms with Gasteiger partial charge in [-0.3, -0.25) is 0 Å². The third-order valence-electron chi connectivity index (χ3n) is 2.20. The monoisotopic (exact) mass is 237 g/mol. The lowest BCUT2D eigenvalue weighted by Crippen LogP contribution is -2.05. The minimum absolute atomic E-state index is 0.0204. The largest absolute Gasteiger partial charge is 0.492 e. The fourth-order valence-electron chi connectivity index (χ4n) is 1.27. The van der Waals surface area contributed by atoms with Crippen LogP contribution in [0.15, 0.2) is 18.2 Å². The second-order valence-electron chi connectivity index (χ2n) is 3.63. The normalized spacial score (nSPS) is 11.9. The second-order valence-corrected chi connectivity index (χ2v) is 4.04. The Morgan fingerprint density at radius 1 is 1.56 bits per heavy atom. The van der Waals surface area contributed by atoms with E-state index in [1.54, 1.807) is 0 Å². The molecular weight excluding hydrogens is 222 g/mol. The highest BCUT2D eigenvalue weighted by atomic mass is 35.5. The molecule has 0 saturated heterocycles. The van der Waals surface area contributed by atoms with Gasteiger partial charge < -0.3 is 10.5 Å². The molecule has 0 spiro atoms. The molecule has 0 saturated carbocycles. The number of terminal acetylenes is 1. The zero-order valence-corrected chi connectivity index (χ0v) is 10.1. The first kappa shape index (κ1) is 12.9. The number of benzene rings is 1. The number of halogens is 1. The van der Waals surface area contributed by atoms with Crippen molar-refractivity contribution in [3.63, 3.8) is 0 Å². The fourth-order valence-corrected chi connectivity index (χ4v) is 1.52. The minimum atomic E-state index is -0.0204. The van der Waals surface area contributed by atoms with Crippen molar-refractivity contribution >= 4 is 11.6 Å². The van der Waals surface area contributed by atoms with E-state index in [0.717, 1.165) is 18.4 Å². The number of hydrogen-bond acceptors (Lipinski definition) is 2. The van der Waals surface area contributed by atoms with Crippen LogP contribution in [0.3, 0.4) is 0 Å². The van der Waals surface area contributed by atoms with Crippen LogP contribution < -0.4 is 10.5 Å². The van der Waals surface area contributed by atoms with Crippen molar-refractivity contribution < 1.29 is 4.74 Å². The van der Waals surface area contributed by atoms with Gasteiger partial charge in [-0.25, -0.2) is 0 Å². The molecule has 0 heterocycles. The fraction of sp³-hybridized carbons (Fsp3) is 0.385. The highest BCUT2D eigenvalue weighted by Gasteiger charge is 2.05. The Morgan fingerprint density at radius 3 is 2.88 bits per heavy atom. The molecule has 0 aliphatic rings. The molecule has 0 aliphatic heterocycles. The summed E-state index contributed by atoms with van der Waals surface area (Å²) in [5.41, 5.74) is 6.75. The maximum atomic E-state index is 6.07. The predicted molar refractivity (Wildman–Crippen MR) is 67.6 cm³/mol. The van der Waals surface area contributed by atoms with E-state index in [1.807, 2.05) is 25.1 Å². The Labute approximate surface area is 102 Å². The molecule has 1 rings (SSSR count). The quantitative estimate of drug-likeness (QED) is 0.631. The van der Waals surface area contributed by atoms with Gasteiger partial charge in [0.25, 0.3) is 0 Å². The minimum Gasteiger partial charge on any atom is -0.492 e. The van der Waals surface area contributed by atoms with Crippen LogP contribution in [0.1, 0.15) is 31.4 Å². The summed E-state index contributed by atoms with van der Waals surface area (Å²) in [5, 5.41) is 0.593. The van der Waals surface area contributed by atoms with Gasteiger partial charge in [-0.05, 0) is 31.0 Å². The zero-order chi connectivity index (χ0) is 12.0. The molecule has 3 heteroatoms. The third kappa shape index (κ3) is 3.77. The first-order valence-corrected chi connectivity index (χ1v) is 5.64. The summed E-state index contributed by atoms with van der Waals surface area (Å²) in [6.45, 7) is 2.50. The summed E-state index contributed by atoms with van der Waals surface area (Å²) in [6.07, 6.45) is 6.70. The number of ether oxygens (including phenoxy) is 1. The topological polar surface area (TPSA) is 35.2 Å². The van der Waals surface area contributed by atoms with Crippen LogP contribution >= 0.6 is 11.6 Å². The van der Waals surface area contributed by atoms with Crippen molar-refractivity contribution in [1.29, 1.82) is 0 Å². The summed E-state index contributed by atoms with van der Waals surface area (Å²) >= 11 is 6.07. The summed E-state index contributed by atoms with van der Waals surface area (Å²) < 4.78 is 5.51. The Morgan fingerprint density at radius 2 is 2.31 bits per heavy atom. The van der Waals surface area contributed by atoms with Crippen LogP contribution in [0.5, 0.6) is 5.75 Å². The van der Waals surface area contributed by atoms with Gasteiger partial charge in [0.15, 0.2) is 0 Å². The highest BCUT2D eigenvalue weighted by molar-refractivity contribution is 6.32. The van der Waals surface area contributed by atoms with Crippen molar-refractivity contribution in [1.82, 2.24) is 0 Å². The molecule has 0 aliphatic carbocycles. The maximum absolute atomic E-state index is 6.07. The molecule has 0 fully saturated rings. The van der Waals surface area contributed by atoms with E-state index >= 15 is 0 Å². The smallest absolute Gasteiger partial charge is 0.137 e. The number of unbranched alkanes of at least 4 members (excludes halogenated alkanes) is 1. The molecule has 0 aromatic heterocycles. The lowest BCUT2D eigenvalue weighted by atomic mass is 10.1. The molecule has 1 aromatic carbocycles. The van der Waals surface area contributed by atoms with E-state index in [1.165, 1.54) is 0 Å². The van der Waals surface area contributed by atoms with Crippen LogP contribution in [0.25, 0.3) is 0 Å². The van der Waals surface area contributed by atoms with Crippen LogP contribution in [-0.4, -0.2) is 6.61 Å². The van der Waals surface area contributed by atoms with E-state index < -0.39 is 0 Å². The van der Waals surface area contributed by atoms with Gasteiger partial charge in [0.1, 0.15) is 5.75 Å². The zero-order valence-electron chi connectivity index (χ0n) is 9.37. The van der Waals surface area contributed by atoms with Crippen LogP contribution in [0, 0.1) is 12.3 Å². The number of rotatable bonds is 5. The van der Waals surface area contributed by atoms with Gasteiger partial charge in [-0.15, -0.1) is 12.3 Å². The number of nitrogens with two attached hydrogens (primary N) is 1.